The van der Waals surface area contributed by atoms with Crippen LogP contribution < -0.4 is 10.4 Å². The molecule has 0 atom stereocenters. The van der Waals surface area contributed by atoms with Gasteiger partial charge in [-0.3, -0.25) is 4.79 Å². The van der Waals surface area contributed by atoms with Gasteiger partial charge in [-0.15, -0.1) is 0 Å². The summed E-state index contributed by atoms with van der Waals surface area (Å²) < 4.78 is 10.6. The van der Waals surface area contributed by atoms with Crippen molar-refractivity contribution < 1.29 is 13.9 Å². The van der Waals surface area contributed by atoms with Gasteiger partial charge in [0.1, 0.15) is 16.9 Å². The Labute approximate surface area is 114 Å². The lowest BCUT2D eigenvalue weighted by atomic mass is 10.2. The maximum Gasteiger partial charge on any atom is 0.348 e. The first-order chi connectivity index (χ1) is 9.11. The normalized spacial score (nSPS) is 10.6. The summed E-state index contributed by atoms with van der Waals surface area (Å²) in [6, 6.07) is 6.50. The second-order valence-electron chi connectivity index (χ2n) is 4.12. The summed E-state index contributed by atoms with van der Waals surface area (Å²) in [5, 5.41) is -0.217. The van der Waals surface area contributed by atoms with E-state index in [1.165, 1.54) is 6.07 Å². The Morgan fingerprint density at radius 1 is 1.37 bits per heavy atom. The number of unbranched alkanes of at least 4 members (excludes halogenated alkanes) is 1. The lowest BCUT2D eigenvalue weighted by Gasteiger charge is -2.06. The molecule has 0 radical (unpaired) electrons. The van der Waals surface area contributed by atoms with E-state index in [0.717, 1.165) is 12.8 Å². The zero-order valence-electron chi connectivity index (χ0n) is 10.4. The Morgan fingerprint density at radius 3 is 2.84 bits per heavy atom. The molecule has 0 aliphatic heterocycles. The Kier molecular flexibility index (Phi) is 4.22. The van der Waals surface area contributed by atoms with E-state index in [4.69, 9.17) is 20.8 Å². The average molecular weight is 281 g/mol. The molecule has 0 N–H and O–H groups in total. The maximum absolute atomic E-state index is 11.5. The first kappa shape index (κ1) is 13.6. The molecule has 0 amide bonds. The predicted octanol–water partition coefficient (Wildman–Crippen LogP) is 3.35. The van der Waals surface area contributed by atoms with Crippen molar-refractivity contribution in [3.63, 3.8) is 0 Å². The van der Waals surface area contributed by atoms with Gasteiger partial charge >= 0.3 is 5.63 Å². The van der Waals surface area contributed by atoms with Crippen LogP contribution in [-0.2, 0) is 0 Å². The number of carbonyl (C=O) groups is 1. The molecule has 4 nitrogen and oxygen atoms in total. The molecule has 0 unspecified atom stereocenters. The lowest BCUT2D eigenvalue weighted by Crippen LogP contribution is -2.09. The van der Waals surface area contributed by atoms with Crippen LogP contribution in [0.1, 0.15) is 30.1 Å². The predicted molar refractivity (Wildman–Crippen MR) is 73.1 cm³/mol. The van der Waals surface area contributed by atoms with Crippen LogP contribution in [0.4, 0.5) is 0 Å². The standard InChI is InChI=1S/C14H13ClO4/c1-2-3-6-18-10-4-5-12-9(7-10)8-11(13(15)16)14(17)19-12/h4-5,7-8H,2-3,6H2,1H3. The highest BCUT2D eigenvalue weighted by molar-refractivity contribution is 6.67. The fourth-order valence-electron chi connectivity index (χ4n) is 1.66. The van der Waals surface area contributed by atoms with E-state index in [1.54, 1.807) is 18.2 Å². The smallest absolute Gasteiger partial charge is 0.348 e. The first-order valence-electron chi connectivity index (χ1n) is 6.02. The van der Waals surface area contributed by atoms with E-state index in [9.17, 15) is 9.59 Å². The number of ether oxygens (including phenoxy) is 1. The molecule has 100 valence electrons. The van der Waals surface area contributed by atoms with Crippen molar-refractivity contribution in [2.45, 2.75) is 19.8 Å². The third kappa shape index (κ3) is 3.15. The number of halogens is 1. The summed E-state index contributed by atoms with van der Waals surface area (Å²) in [5.74, 6) is 0.669. The van der Waals surface area contributed by atoms with Crippen molar-refractivity contribution in [1.29, 1.82) is 0 Å². The summed E-state index contributed by atoms with van der Waals surface area (Å²) in [4.78, 5) is 22.5. The molecule has 2 aromatic rings. The molecular weight excluding hydrogens is 268 g/mol. The summed E-state index contributed by atoms with van der Waals surface area (Å²) in [5.41, 5.74) is -0.499. The highest BCUT2D eigenvalue weighted by atomic mass is 35.5. The topological polar surface area (TPSA) is 56.5 Å². The summed E-state index contributed by atoms with van der Waals surface area (Å²) in [7, 11) is 0. The summed E-state index contributed by atoms with van der Waals surface area (Å²) >= 11 is 5.32. The van der Waals surface area contributed by atoms with Gasteiger partial charge in [-0.2, -0.15) is 0 Å². The molecule has 0 fully saturated rings. The second kappa shape index (κ2) is 5.89. The van der Waals surface area contributed by atoms with Gasteiger partial charge in [0.15, 0.2) is 0 Å². The van der Waals surface area contributed by atoms with Crippen LogP contribution in [0.5, 0.6) is 5.75 Å². The molecule has 0 aliphatic rings. The van der Waals surface area contributed by atoms with Gasteiger partial charge in [-0.05, 0) is 42.3 Å². The molecule has 0 saturated heterocycles. The van der Waals surface area contributed by atoms with Gasteiger partial charge in [-0.1, -0.05) is 13.3 Å². The van der Waals surface area contributed by atoms with E-state index in [2.05, 4.69) is 6.92 Å². The number of rotatable bonds is 5. The molecule has 0 bridgehead atoms. The molecule has 5 heteroatoms. The van der Waals surface area contributed by atoms with Crippen molar-refractivity contribution in [2.75, 3.05) is 6.61 Å². The number of hydrogen-bond donors (Lipinski definition) is 0. The first-order valence-corrected chi connectivity index (χ1v) is 6.40. The zero-order valence-corrected chi connectivity index (χ0v) is 11.2. The van der Waals surface area contributed by atoms with Gasteiger partial charge in [0.2, 0.25) is 0 Å². The van der Waals surface area contributed by atoms with Gasteiger partial charge in [-0.25, -0.2) is 4.79 Å². The van der Waals surface area contributed by atoms with Gasteiger partial charge in [0, 0.05) is 5.39 Å². The maximum atomic E-state index is 11.5. The van der Waals surface area contributed by atoms with Crippen LogP contribution in [0, 0.1) is 0 Å². The molecular formula is C14H13ClO4. The molecule has 2 rings (SSSR count). The Bertz CT molecular complexity index is 660. The number of benzene rings is 1. The van der Waals surface area contributed by atoms with Crippen molar-refractivity contribution >= 4 is 27.8 Å². The SMILES string of the molecule is CCCCOc1ccc2oc(=O)c(C(=O)Cl)cc2c1. The fraction of sp³-hybridized carbons (Fsp3) is 0.286. The van der Waals surface area contributed by atoms with E-state index in [0.29, 0.717) is 23.3 Å². The monoisotopic (exact) mass is 280 g/mol. The van der Waals surface area contributed by atoms with Crippen LogP contribution in [-0.4, -0.2) is 11.8 Å². The molecule has 1 heterocycles. The zero-order chi connectivity index (χ0) is 13.8. The average Bonchev–Trinajstić information content (AvgIpc) is 2.38. The van der Waals surface area contributed by atoms with Crippen LogP contribution in [0.25, 0.3) is 11.0 Å². The third-order valence-electron chi connectivity index (χ3n) is 2.68. The summed E-state index contributed by atoms with van der Waals surface area (Å²) in [6.07, 6.45) is 2.01. The van der Waals surface area contributed by atoms with Crippen LogP contribution >= 0.6 is 11.6 Å². The minimum Gasteiger partial charge on any atom is -0.494 e. The number of fused-ring (bicyclic) bond motifs is 1. The molecule has 0 spiro atoms. The molecule has 19 heavy (non-hydrogen) atoms. The van der Waals surface area contributed by atoms with Crippen LogP contribution in [0.2, 0.25) is 0 Å². The van der Waals surface area contributed by atoms with Crippen molar-refractivity contribution in [3.8, 4) is 5.75 Å². The fourth-order valence-corrected chi connectivity index (χ4v) is 1.79. The van der Waals surface area contributed by atoms with Crippen molar-refractivity contribution in [2.24, 2.45) is 0 Å². The third-order valence-corrected chi connectivity index (χ3v) is 2.89. The lowest BCUT2D eigenvalue weighted by molar-refractivity contribution is 0.107. The Morgan fingerprint density at radius 2 is 2.16 bits per heavy atom. The molecule has 1 aromatic carbocycles. The quantitative estimate of drug-likeness (QED) is 0.479. The number of hydrogen-bond acceptors (Lipinski definition) is 4. The Hall–Kier alpha value is -1.81. The number of carbonyl (C=O) groups excluding carboxylic acids is 1. The molecule has 1 aromatic heterocycles. The van der Waals surface area contributed by atoms with E-state index in [-0.39, 0.29) is 5.56 Å². The van der Waals surface area contributed by atoms with Crippen molar-refractivity contribution in [1.82, 2.24) is 0 Å². The minimum absolute atomic E-state index is 0.167. The van der Waals surface area contributed by atoms with Crippen LogP contribution in [0.15, 0.2) is 33.5 Å². The van der Waals surface area contributed by atoms with Crippen LogP contribution in [0.3, 0.4) is 0 Å². The highest BCUT2D eigenvalue weighted by Gasteiger charge is 2.11. The summed E-state index contributed by atoms with van der Waals surface area (Å²) in [6.45, 7) is 2.71. The minimum atomic E-state index is -0.826. The highest BCUT2D eigenvalue weighted by Crippen LogP contribution is 2.21. The molecule has 0 aliphatic carbocycles. The van der Waals surface area contributed by atoms with E-state index in [1.807, 2.05) is 0 Å². The van der Waals surface area contributed by atoms with E-state index < -0.39 is 10.9 Å². The second-order valence-corrected chi connectivity index (χ2v) is 4.47. The van der Waals surface area contributed by atoms with E-state index >= 15 is 0 Å². The Balaban J connectivity index is 2.38. The largest absolute Gasteiger partial charge is 0.494 e. The van der Waals surface area contributed by atoms with Gasteiger partial charge in [0.25, 0.3) is 5.24 Å². The molecule has 0 saturated carbocycles. The van der Waals surface area contributed by atoms with Gasteiger partial charge in [0.05, 0.1) is 6.61 Å². The van der Waals surface area contributed by atoms with Gasteiger partial charge < -0.3 is 9.15 Å². The van der Waals surface area contributed by atoms with Crippen molar-refractivity contribution in [3.05, 3.63) is 40.2 Å².